The molecule has 0 spiro atoms. The standard InChI is InChI=1S/C26H31F4N5O4S/c27-24(28)25-8-10-35(15-17(25)14-25)20-13-18(34-40(38,39)12-11-36)1-2-19(20)23(37)33-21-5-9-31-22(32-21)16-3-6-26(29,30)7-4-16/h1-2,5,9,13,16-17,24,34,36H,3-4,6-8,10-12,14-15H2,(H,31,32,33,37)/t17-,25+/m1/s1. The van der Waals surface area contributed by atoms with E-state index in [0.29, 0.717) is 24.5 Å². The Balaban J connectivity index is 1.38. The van der Waals surface area contributed by atoms with Crippen molar-refractivity contribution in [2.45, 2.75) is 56.8 Å². The number of aliphatic hydroxyl groups is 1. The number of sulfonamides is 1. The number of nitrogens with one attached hydrogen (secondary N) is 2. The van der Waals surface area contributed by atoms with Gasteiger partial charge in [-0.05, 0) is 55.9 Å². The molecule has 1 aromatic heterocycles. The first-order chi connectivity index (χ1) is 18.9. The zero-order valence-corrected chi connectivity index (χ0v) is 22.4. The van der Waals surface area contributed by atoms with Gasteiger partial charge < -0.3 is 15.3 Å². The topological polar surface area (TPSA) is 125 Å². The van der Waals surface area contributed by atoms with Gasteiger partial charge in [0, 0.05) is 43.5 Å². The molecule has 3 aliphatic rings. The summed E-state index contributed by atoms with van der Waals surface area (Å²) in [4.78, 5) is 23.8. The maximum Gasteiger partial charge on any atom is 0.258 e. The van der Waals surface area contributed by atoms with Gasteiger partial charge in [-0.15, -0.1) is 0 Å². The number of benzene rings is 1. The predicted octanol–water partition coefficient (Wildman–Crippen LogP) is 4.24. The van der Waals surface area contributed by atoms with Gasteiger partial charge in [-0.3, -0.25) is 9.52 Å². The number of carbonyl (C=O) groups is 1. The van der Waals surface area contributed by atoms with Crippen LogP contribution in [0.1, 0.15) is 60.6 Å². The van der Waals surface area contributed by atoms with E-state index in [2.05, 4.69) is 20.0 Å². The minimum absolute atomic E-state index is 0.167. The number of nitrogens with zero attached hydrogens (tertiary/aromatic N) is 3. The van der Waals surface area contributed by atoms with E-state index in [0.717, 1.165) is 0 Å². The third-order valence-electron chi connectivity index (χ3n) is 8.22. The van der Waals surface area contributed by atoms with Gasteiger partial charge in [0.15, 0.2) is 0 Å². The molecular formula is C26H31F4N5O4S. The molecule has 1 saturated heterocycles. The van der Waals surface area contributed by atoms with E-state index < -0.39 is 46.1 Å². The number of carbonyl (C=O) groups excluding carboxylic acids is 1. The first-order valence-corrected chi connectivity index (χ1v) is 14.9. The molecule has 0 radical (unpaired) electrons. The number of anilines is 3. The summed E-state index contributed by atoms with van der Waals surface area (Å²) in [7, 11) is -3.84. The van der Waals surface area contributed by atoms with Gasteiger partial charge in [0.25, 0.3) is 5.91 Å². The fourth-order valence-corrected chi connectivity index (χ4v) is 6.60. The van der Waals surface area contributed by atoms with E-state index in [9.17, 15) is 30.8 Å². The lowest BCUT2D eigenvalue weighted by molar-refractivity contribution is -0.0387. The Hall–Kier alpha value is -3.00. The maximum atomic E-state index is 13.6. The summed E-state index contributed by atoms with van der Waals surface area (Å²) in [6, 6.07) is 5.81. The second-order valence-corrected chi connectivity index (χ2v) is 12.7. The Morgan fingerprint density at radius 3 is 2.60 bits per heavy atom. The van der Waals surface area contributed by atoms with Crippen LogP contribution in [0.4, 0.5) is 34.8 Å². The summed E-state index contributed by atoms with van der Waals surface area (Å²) < 4.78 is 81.2. The van der Waals surface area contributed by atoms with Crippen molar-refractivity contribution >= 4 is 33.1 Å². The molecule has 3 fully saturated rings. The molecule has 5 rings (SSSR count). The van der Waals surface area contributed by atoms with Crippen molar-refractivity contribution < 1.29 is 35.9 Å². The average Bonchev–Trinajstić information content (AvgIpc) is 3.64. The number of alkyl halides is 4. The highest BCUT2D eigenvalue weighted by Gasteiger charge is 2.62. The summed E-state index contributed by atoms with van der Waals surface area (Å²) in [6.45, 7) is -0.0181. The van der Waals surface area contributed by atoms with Crippen molar-refractivity contribution in [3.05, 3.63) is 41.9 Å². The van der Waals surface area contributed by atoms with Gasteiger partial charge in [-0.1, -0.05) is 0 Å². The predicted molar refractivity (Wildman–Crippen MR) is 140 cm³/mol. The number of fused-ring (bicyclic) bond motifs is 1. The third-order valence-corrected chi connectivity index (χ3v) is 9.48. The molecule has 2 saturated carbocycles. The molecule has 2 atom stereocenters. The Bertz CT molecular complexity index is 1370. The first kappa shape index (κ1) is 28.5. The summed E-state index contributed by atoms with van der Waals surface area (Å²) in [6.07, 6.45) is -0.378. The molecule has 14 heteroatoms. The van der Waals surface area contributed by atoms with Crippen LogP contribution in [0.5, 0.6) is 0 Å². The minimum atomic E-state index is -3.84. The van der Waals surface area contributed by atoms with Gasteiger partial charge in [0.2, 0.25) is 22.4 Å². The van der Waals surface area contributed by atoms with Gasteiger partial charge in [-0.25, -0.2) is 35.9 Å². The Kier molecular flexibility index (Phi) is 7.68. The van der Waals surface area contributed by atoms with Gasteiger partial charge in [0.1, 0.15) is 11.6 Å². The number of hydrogen-bond acceptors (Lipinski definition) is 7. The van der Waals surface area contributed by atoms with E-state index in [4.69, 9.17) is 5.11 Å². The molecule has 0 unspecified atom stereocenters. The van der Waals surface area contributed by atoms with Gasteiger partial charge in [-0.2, -0.15) is 0 Å². The number of halogens is 4. The van der Waals surface area contributed by atoms with Crippen molar-refractivity contribution in [2.24, 2.45) is 11.3 Å². The van der Waals surface area contributed by atoms with E-state index in [-0.39, 0.29) is 67.6 Å². The number of rotatable bonds is 9. The Labute approximate surface area is 229 Å². The first-order valence-electron chi connectivity index (χ1n) is 13.2. The van der Waals surface area contributed by atoms with Crippen molar-refractivity contribution in [1.29, 1.82) is 0 Å². The molecule has 218 valence electrons. The third kappa shape index (κ3) is 6.02. The SMILES string of the molecule is O=C(Nc1ccnc(C2CCC(F)(F)CC2)n1)c1ccc(NS(=O)(=O)CCO)cc1N1CC[C@]2(C(F)F)C[C@@H]2C1. The second kappa shape index (κ2) is 10.8. The minimum Gasteiger partial charge on any atom is -0.395 e. The van der Waals surface area contributed by atoms with Crippen molar-refractivity contribution in [1.82, 2.24) is 9.97 Å². The lowest BCUT2D eigenvalue weighted by Gasteiger charge is -2.34. The van der Waals surface area contributed by atoms with Crippen LogP contribution in [-0.4, -0.2) is 67.2 Å². The van der Waals surface area contributed by atoms with Crippen LogP contribution in [0.15, 0.2) is 30.5 Å². The molecule has 2 aliphatic carbocycles. The van der Waals surface area contributed by atoms with Crippen molar-refractivity contribution in [3.8, 4) is 0 Å². The van der Waals surface area contributed by atoms with Crippen LogP contribution >= 0.6 is 0 Å². The molecule has 2 aromatic rings. The molecule has 2 heterocycles. The summed E-state index contributed by atoms with van der Waals surface area (Å²) in [5.74, 6) is -3.69. The highest BCUT2D eigenvalue weighted by molar-refractivity contribution is 7.92. The summed E-state index contributed by atoms with van der Waals surface area (Å²) >= 11 is 0. The molecular weight excluding hydrogens is 554 g/mol. The summed E-state index contributed by atoms with van der Waals surface area (Å²) in [5, 5.41) is 11.8. The monoisotopic (exact) mass is 585 g/mol. The van der Waals surface area contributed by atoms with Gasteiger partial charge in [0.05, 0.1) is 29.3 Å². The lowest BCUT2D eigenvalue weighted by Crippen LogP contribution is -2.38. The summed E-state index contributed by atoms with van der Waals surface area (Å²) in [5.41, 5.74) is -0.271. The Morgan fingerprint density at radius 1 is 1.18 bits per heavy atom. The molecule has 1 amide bonds. The number of hydrogen-bond donors (Lipinski definition) is 3. The van der Waals surface area contributed by atoms with E-state index in [1.165, 1.54) is 30.5 Å². The van der Waals surface area contributed by atoms with Crippen molar-refractivity contribution in [3.63, 3.8) is 0 Å². The highest BCUT2D eigenvalue weighted by atomic mass is 32.2. The van der Waals surface area contributed by atoms with Crippen LogP contribution < -0.4 is 14.9 Å². The smallest absolute Gasteiger partial charge is 0.258 e. The molecule has 1 aromatic carbocycles. The number of aliphatic hydroxyl groups excluding tert-OH is 1. The highest BCUT2D eigenvalue weighted by Crippen LogP contribution is 2.61. The van der Waals surface area contributed by atoms with E-state index >= 15 is 0 Å². The number of aromatic nitrogens is 2. The molecule has 40 heavy (non-hydrogen) atoms. The lowest BCUT2D eigenvalue weighted by atomic mass is 9.86. The van der Waals surface area contributed by atoms with Crippen molar-refractivity contribution in [2.75, 3.05) is 40.4 Å². The normalized spacial score (nSPS) is 24.4. The van der Waals surface area contributed by atoms with Crippen LogP contribution in [0.2, 0.25) is 0 Å². The molecule has 9 nitrogen and oxygen atoms in total. The molecule has 1 aliphatic heterocycles. The van der Waals surface area contributed by atoms with E-state index in [1.807, 2.05) is 4.90 Å². The van der Waals surface area contributed by atoms with Crippen LogP contribution in [0.25, 0.3) is 0 Å². The van der Waals surface area contributed by atoms with E-state index in [1.54, 1.807) is 0 Å². The fraction of sp³-hybridized carbons (Fsp3) is 0.577. The average molecular weight is 586 g/mol. The maximum absolute atomic E-state index is 13.6. The fourth-order valence-electron chi connectivity index (χ4n) is 5.77. The largest absolute Gasteiger partial charge is 0.395 e. The van der Waals surface area contributed by atoms with Crippen LogP contribution in [0, 0.1) is 11.3 Å². The number of amides is 1. The Morgan fingerprint density at radius 2 is 1.93 bits per heavy atom. The quantitative estimate of drug-likeness (QED) is 0.376. The van der Waals surface area contributed by atoms with Crippen LogP contribution in [-0.2, 0) is 10.0 Å². The second-order valence-electron chi connectivity index (χ2n) is 10.9. The molecule has 3 N–H and O–H groups in total. The van der Waals surface area contributed by atoms with Crippen LogP contribution in [0.3, 0.4) is 0 Å². The molecule has 0 bridgehead atoms. The number of piperidine rings is 1. The van der Waals surface area contributed by atoms with Gasteiger partial charge >= 0.3 is 0 Å². The zero-order valence-electron chi connectivity index (χ0n) is 21.6. The zero-order chi connectivity index (χ0) is 28.7.